The lowest BCUT2D eigenvalue weighted by Crippen LogP contribution is -2.10. The molecule has 1 aromatic rings. The molecule has 0 saturated heterocycles. The first-order valence-corrected chi connectivity index (χ1v) is 4.38. The van der Waals surface area contributed by atoms with Crippen molar-refractivity contribution in [3.05, 3.63) is 35.7 Å². The van der Waals surface area contributed by atoms with Crippen LogP contribution in [-0.4, -0.2) is 25.2 Å². The Labute approximate surface area is 87.4 Å². The van der Waals surface area contributed by atoms with Crippen molar-refractivity contribution in [1.29, 1.82) is 0 Å². The molecule has 15 heavy (non-hydrogen) atoms. The summed E-state index contributed by atoms with van der Waals surface area (Å²) in [6.45, 7) is 0. The second-order valence-electron chi connectivity index (χ2n) is 3.27. The molecule has 0 bridgehead atoms. The first-order chi connectivity index (χ1) is 7.00. The van der Waals surface area contributed by atoms with Gasteiger partial charge in [0, 0.05) is 31.4 Å². The van der Waals surface area contributed by atoms with Crippen molar-refractivity contribution in [3.63, 3.8) is 0 Å². The van der Waals surface area contributed by atoms with Crippen LogP contribution in [0.4, 0.5) is 10.1 Å². The third-order valence-corrected chi connectivity index (χ3v) is 1.88. The zero-order valence-corrected chi connectivity index (χ0v) is 8.57. The Morgan fingerprint density at radius 3 is 2.67 bits per heavy atom. The van der Waals surface area contributed by atoms with Gasteiger partial charge in [-0.3, -0.25) is 0 Å². The van der Waals surface area contributed by atoms with Gasteiger partial charge >= 0.3 is 5.97 Å². The number of carbonyl (C=O) groups is 1. The summed E-state index contributed by atoms with van der Waals surface area (Å²) in [5.74, 6) is -1.44. The fourth-order valence-electron chi connectivity index (χ4n) is 1.23. The maximum absolute atomic E-state index is 12.9. The summed E-state index contributed by atoms with van der Waals surface area (Å²) in [4.78, 5) is 12.1. The molecule has 3 nitrogen and oxygen atoms in total. The molecule has 0 aliphatic rings. The highest BCUT2D eigenvalue weighted by atomic mass is 19.1. The van der Waals surface area contributed by atoms with Crippen molar-refractivity contribution in [2.45, 2.75) is 0 Å². The van der Waals surface area contributed by atoms with Gasteiger partial charge in [0.05, 0.1) is 0 Å². The number of carboxylic acid groups (broad SMARTS) is 1. The van der Waals surface area contributed by atoms with Crippen LogP contribution >= 0.6 is 0 Å². The second kappa shape index (κ2) is 4.59. The maximum Gasteiger partial charge on any atom is 0.328 e. The molecule has 80 valence electrons. The van der Waals surface area contributed by atoms with Crippen LogP contribution in [0.5, 0.6) is 0 Å². The van der Waals surface area contributed by atoms with E-state index >= 15 is 0 Å². The number of aliphatic carboxylic acids is 1. The fraction of sp³-hybridized carbons (Fsp3) is 0.182. The van der Waals surface area contributed by atoms with E-state index < -0.39 is 5.97 Å². The monoisotopic (exact) mass is 209 g/mol. The van der Waals surface area contributed by atoms with Crippen LogP contribution in [0.3, 0.4) is 0 Å². The van der Waals surface area contributed by atoms with E-state index in [1.165, 1.54) is 18.2 Å². The van der Waals surface area contributed by atoms with Crippen molar-refractivity contribution in [1.82, 2.24) is 0 Å². The van der Waals surface area contributed by atoms with Gasteiger partial charge in [-0.1, -0.05) is 0 Å². The Hall–Kier alpha value is -1.84. The van der Waals surface area contributed by atoms with Gasteiger partial charge < -0.3 is 10.0 Å². The van der Waals surface area contributed by atoms with Gasteiger partial charge in [-0.2, -0.15) is 0 Å². The summed E-state index contributed by atoms with van der Waals surface area (Å²) in [7, 11) is 3.62. The highest BCUT2D eigenvalue weighted by Crippen LogP contribution is 2.20. The number of halogens is 1. The molecule has 0 aromatic heterocycles. The summed E-state index contributed by atoms with van der Waals surface area (Å²) in [6, 6.07) is 4.25. The van der Waals surface area contributed by atoms with Crippen molar-refractivity contribution in [2.24, 2.45) is 0 Å². The summed E-state index contributed by atoms with van der Waals surface area (Å²) >= 11 is 0. The number of benzene rings is 1. The van der Waals surface area contributed by atoms with Crippen molar-refractivity contribution < 1.29 is 14.3 Å². The van der Waals surface area contributed by atoms with Gasteiger partial charge in [0.2, 0.25) is 0 Å². The van der Waals surface area contributed by atoms with Crippen LogP contribution in [-0.2, 0) is 4.79 Å². The van der Waals surface area contributed by atoms with Gasteiger partial charge in [-0.05, 0) is 24.3 Å². The number of carboxylic acids is 1. The van der Waals surface area contributed by atoms with Crippen LogP contribution in [0.2, 0.25) is 0 Å². The van der Waals surface area contributed by atoms with Gasteiger partial charge in [-0.25, -0.2) is 9.18 Å². The third-order valence-electron chi connectivity index (χ3n) is 1.88. The van der Waals surface area contributed by atoms with Gasteiger partial charge in [0.25, 0.3) is 0 Å². The topological polar surface area (TPSA) is 40.5 Å². The molecular weight excluding hydrogens is 197 g/mol. The van der Waals surface area contributed by atoms with E-state index in [0.29, 0.717) is 5.56 Å². The number of rotatable bonds is 3. The maximum atomic E-state index is 12.9. The average molecular weight is 209 g/mol. The van der Waals surface area contributed by atoms with Gasteiger partial charge in [0.15, 0.2) is 0 Å². The molecule has 0 aliphatic heterocycles. The molecule has 1 rings (SSSR count). The first kappa shape index (κ1) is 11.2. The minimum atomic E-state index is -1.05. The van der Waals surface area contributed by atoms with E-state index in [0.717, 1.165) is 11.8 Å². The highest BCUT2D eigenvalue weighted by molar-refractivity contribution is 5.86. The van der Waals surface area contributed by atoms with Crippen LogP contribution < -0.4 is 4.90 Å². The molecular formula is C11H12FNO2. The molecule has 1 N–H and O–H groups in total. The van der Waals surface area contributed by atoms with E-state index in [4.69, 9.17) is 5.11 Å². The lowest BCUT2D eigenvalue weighted by atomic mass is 10.1. The van der Waals surface area contributed by atoms with E-state index in [-0.39, 0.29) is 5.82 Å². The number of hydrogen-bond donors (Lipinski definition) is 1. The quantitative estimate of drug-likeness (QED) is 0.774. The largest absolute Gasteiger partial charge is 0.478 e. The molecule has 4 heteroatoms. The zero-order chi connectivity index (χ0) is 11.4. The predicted octanol–water partition coefficient (Wildman–Crippen LogP) is 1.99. The number of hydrogen-bond acceptors (Lipinski definition) is 2. The van der Waals surface area contributed by atoms with E-state index in [1.54, 1.807) is 11.0 Å². The normalized spacial score (nSPS) is 10.6. The Balaban J connectivity index is 3.13. The lowest BCUT2D eigenvalue weighted by molar-refractivity contribution is -0.131. The van der Waals surface area contributed by atoms with E-state index in [1.807, 2.05) is 14.1 Å². The predicted molar refractivity (Wildman–Crippen MR) is 57.4 cm³/mol. The molecule has 0 atom stereocenters. The van der Waals surface area contributed by atoms with E-state index in [9.17, 15) is 9.18 Å². The number of nitrogens with zero attached hydrogens (tertiary/aromatic N) is 1. The molecule has 0 amide bonds. The molecule has 0 spiro atoms. The Kier molecular flexibility index (Phi) is 3.44. The molecule has 0 unspecified atom stereocenters. The van der Waals surface area contributed by atoms with Crippen molar-refractivity contribution in [3.8, 4) is 0 Å². The fourth-order valence-corrected chi connectivity index (χ4v) is 1.23. The summed E-state index contributed by atoms with van der Waals surface area (Å²) < 4.78 is 12.9. The van der Waals surface area contributed by atoms with Crippen LogP contribution in [0.15, 0.2) is 24.3 Å². The minimum Gasteiger partial charge on any atom is -0.478 e. The minimum absolute atomic E-state index is 0.384. The van der Waals surface area contributed by atoms with E-state index in [2.05, 4.69) is 0 Å². The molecule has 0 aliphatic carbocycles. The Morgan fingerprint density at radius 1 is 1.47 bits per heavy atom. The lowest BCUT2D eigenvalue weighted by Gasteiger charge is -2.15. The SMILES string of the molecule is CN(C)c1ccc(F)cc1/C=C/C(=O)O. The van der Waals surface area contributed by atoms with Crippen molar-refractivity contribution in [2.75, 3.05) is 19.0 Å². The van der Waals surface area contributed by atoms with Crippen LogP contribution in [0, 0.1) is 5.82 Å². The van der Waals surface area contributed by atoms with Crippen molar-refractivity contribution >= 4 is 17.7 Å². The molecule has 1 aromatic carbocycles. The average Bonchev–Trinajstić information content (AvgIpc) is 2.14. The summed E-state index contributed by atoms with van der Waals surface area (Å²) in [6.07, 6.45) is 2.36. The third kappa shape index (κ3) is 3.09. The van der Waals surface area contributed by atoms with Crippen LogP contribution in [0.25, 0.3) is 6.08 Å². The molecule has 0 saturated carbocycles. The smallest absolute Gasteiger partial charge is 0.328 e. The van der Waals surface area contributed by atoms with Crippen LogP contribution in [0.1, 0.15) is 5.56 Å². The highest BCUT2D eigenvalue weighted by Gasteiger charge is 2.03. The second-order valence-corrected chi connectivity index (χ2v) is 3.27. The number of anilines is 1. The molecule has 0 fully saturated rings. The Bertz CT molecular complexity index is 400. The first-order valence-electron chi connectivity index (χ1n) is 4.38. The summed E-state index contributed by atoms with van der Waals surface area (Å²) in [5, 5.41) is 8.48. The van der Waals surface area contributed by atoms with Gasteiger partial charge in [-0.15, -0.1) is 0 Å². The van der Waals surface area contributed by atoms with Gasteiger partial charge in [0.1, 0.15) is 5.82 Å². The molecule has 0 heterocycles. The summed E-state index contributed by atoms with van der Waals surface area (Å²) in [5.41, 5.74) is 1.32. The Morgan fingerprint density at radius 2 is 2.13 bits per heavy atom. The molecule has 0 radical (unpaired) electrons. The zero-order valence-electron chi connectivity index (χ0n) is 8.57. The standard InChI is InChI=1S/C11H12FNO2/c1-13(2)10-5-4-9(12)7-8(10)3-6-11(14)15/h3-7H,1-2H3,(H,14,15)/b6-3+.